The van der Waals surface area contributed by atoms with Gasteiger partial charge in [0, 0.05) is 17.2 Å². The van der Waals surface area contributed by atoms with E-state index in [9.17, 15) is 22.8 Å². The number of nitrogens with zero attached hydrogens (tertiary/aromatic N) is 1. The summed E-state index contributed by atoms with van der Waals surface area (Å²) in [6.45, 7) is 0. The van der Waals surface area contributed by atoms with Crippen LogP contribution in [0.3, 0.4) is 0 Å². The van der Waals surface area contributed by atoms with E-state index in [4.69, 9.17) is 22.1 Å². The van der Waals surface area contributed by atoms with Crippen molar-refractivity contribution < 1.29 is 22.7 Å². The van der Waals surface area contributed by atoms with Crippen molar-refractivity contribution in [2.24, 2.45) is 0 Å². The molecule has 158 valence electrons. The number of aromatic nitrogens is 1. The fourth-order valence-corrected chi connectivity index (χ4v) is 4.69. The molecule has 4 rings (SSSR count). The van der Waals surface area contributed by atoms with Crippen LogP contribution in [-0.4, -0.2) is 31.9 Å². The van der Waals surface area contributed by atoms with Crippen LogP contribution in [0.5, 0.6) is 5.75 Å². The molecule has 0 saturated heterocycles. The molecule has 3 N–H and O–H groups in total. The van der Waals surface area contributed by atoms with Gasteiger partial charge in [-0.1, -0.05) is 11.6 Å². The number of methoxy groups -OCH3 is 1. The maximum Gasteiger partial charge on any atom is 0.262 e. The van der Waals surface area contributed by atoms with Crippen molar-refractivity contribution >= 4 is 39.1 Å². The minimum absolute atomic E-state index is 0.0182. The van der Waals surface area contributed by atoms with Crippen LogP contribution < -0.4 is 21.3 Å². The first-order valence-electron chi connectivity index (χ1n) is 8.75. The summed E-state index contributed by atoms with van der Waals surface area (Å²) in [6.07, 6.45) is 0. The molecule has 0 bridgehead atoms. The van der Waals surface area contributed by atoms with Gasteiger partial charge in [-0.05, 0) is 36.4 Å². The number of pyridine rings is 1. The Morgan fingerprint density at radius 2 is 1.65 bits per heavy atom. The smallest absolute Gasteiger partial charge is 0.262 e. The second-order valence-electron chi connectivity index (χ2n) is 6.60. The number of nitrogens with two attached hydrogens (primary N) is 1. The Morgan fingerprint density at radius 1 is 0.968 bits per heavy atom. The molecule has 1 aliphatic rings. The van der Waals surface area contributed by atoms with E-state index in [0.717, 1.165) is 10.6 Å². The number of fused-ring (bicyclic) bond motifs is 1. The third-order valence-corrected chi connectivity index (χ3v) is 6.75. The number of halogens is 1. The van der Waals surface area contributed by atoms with Crippen LogP contribution in [0, 0.1) is 0 Å². The molecule has 31 heavy (non-hydrogen) atoms. The first kappa shape index (κ1) is 20.6. The van der Waals surface area contributed by atoms with Crippen molar-refractivity contribution in [2.75, 3.05) is 12.8 Å². The van der Waals surface area contributed by atoms with E-state index in [-0.39, 0.29) is 38.2 Å². The Balaban J connectivity index is 1.96. The van der Waals surface area contributed by atoms with Gasteiger partial charge in [0.2, 0.25) is 9.84 Å². The quantitative estimate of drug-likeness (QED) is 0.567. The normalized spacial score (nSPS) is 13.1. The predicted octanol–water partition coefficient (Wildman–Crippen LogP) is 1.80. The molecule has 0 unspecified atom stereocenters. The van der Waals surface area contributed by atoms with Crippen molar-refractivity contribution in [1.29, 1.82) is 0 Å². The van der Waals surface area contributed by atoms with Gasteiger partial charge in [0.1, 0.15) is 11.6 Å². The lowest BCUT2D eigenvalue weighted by atomic mass is 10.1. The predicted molar refractivity (Wildman–Crippen MR) is 112 cm³/mol. The van der Waals surface area contributed by atoms with Gasteiger partial charge in [-0.25, -0.2) is 8.42 Å². The maximum absolute atomic E-state index is 13.1. The number of carbonyl (C=O) groups is 2. The number of hydrogen-bond donors (Lipinski definition) is 2. The highest BCUT2D eigenvalue weighted by atomic mass is 35.5. The second-order valence-corrected chi connectivity index (χ2v) is 8.99. The highest BCUT2D eigenvalue weighted by molar-refractivity contribution is 7.91. The maximum atomic E-state index is 13.1. The molecule has 0 atom stereocenters. The van der Waals surface area contributed by atoms with Gasteiger partial charge in [-0.2, -0.15) is 0 Å². The van der Waals surface area contributed by atoms with Gasteiger partial charge in [-0.15, -0.1) is 0 Å². The molecule has 0 fully saturated rings. The van der Waals surface area contributed by atoms with E-state index in [2.05, 4.69) is 5.32 Å². The number of nitrogen functional groups attached to an aromatic ring is 1. The molecule has 3 aromatic rings. The molecule has 11 heteroatoms. The van der Waals surface area contributed by atoms with Gasteiger partial charge in [0.05, 0.1) is 33.7 Å². The lowest BCUT2D eigenvalue weighted by Gasteiger charge is -2.15. The molecule has 9 nitrogen and oxygen atoms in total. The summed E-state index contributed by atoms with van der Waals surface area (Å²) in [5.41, 5.74) is 5.07. The average Bonchev–Trinajstić information content (AvgIpc) is 3.01. The number of rotatable bonds is 4. The first-order valence-corrected chi connectivity index (χ1v) is 10.6. The van der Waals surface area contributed by atoms with Crippen molar-refractivity contribution in [2.45, 2.75) is 9.79 Å². The van der Waals surface area contributed by atoms with Crippen molar-refractivity contribution in [1.82, 2.24) is 9.88 Å². The van der Waals surface area contributed by atoms with Crippen molar-refractivity contribution in [3.05, 3.63) is 75.0 Å². The molecule has 0 aliphatic carbocycles. The molecule has 0 spiro atoms. The minimum atomic E-state index is -4.00. The Hall–Kier alpha value is -3.63. The molecule has 2 aromatic carbocycles. The number of sulfone groups is 1. The zero-order valence-corrected chi connectivity index (χ0v) is 17.5. The van der Waals surface area contributed by atoms with Crippen LogP contribution in [0.4, 0.5) is 5.82 Å². The summed E-state index contributed by atoms with van der Waals surface area (Å²) < 4.78 is 32.4. The third kappa shape index (κ3) is 3.35. The zero-order chi connectivity index (χ0) is 22.5. The van der Waals surface area contributed by atoms with Gasteiger partial charge in [0.15, 0.2) is 0 Å². The summed E-state index contributed by atoms with van der Waals surface area (Å²) in [5, 5.41) is 2.44. The van der Waals surface area contributed by atoms with Gasteiger partial charge < -0.3 is 10.5 Å². The summed E-state index contributed by atoms with van der Waals surface area (Å²) in [5.74, 6) is -1.64. The highest BCUT2D eigenvalue weighted by Crippen LogP contribution is 2.30. The van der Waals surface area contributed by atoms with Crippen molar-refractivity contribution in [3.63, 3.8) is 0 Å². The van der Waals surface area contributed by atoms with Crippen LogP contribution in [-0.2, 0) is 9.84 Å². The number of carbonyl (C=O) groups excluding carboxylic acids is 2. The van der Waals surface area contributed by atoms with E-state index < -0.39 is 27.2 Å². The molecule has 2 amide bonds. The summed E-state index contributed by atoms with van der Waals surface area (Å²) in [6, 6.07) is 10.5. The molecular formula is C20H14ClN3O6S. The molecule has 0 radical (unpaired) electrons. The lowest BCUT2D eigenvalue weighted by Crippen LogP contribution is -2.24. The molecular weight excluding hydrogens is 446 g/mol. The van der Waals surface area contributed by atoms with E-state index in [1.165, 1.54) is 49.6 Å². The van der Waals surface area contributed by atoms with Crippen LogP contribution >= 0.6 is 11.6 Å². The van der Waals surface area contributed by atoms with Crippen molar-refractivity contribution in [3.8, 4) is 11.4 Å². The average molecular weight is 460 g/mol. The monoisotopic (exact) mass is 459 g/mol. The lowest BCUT2D eigenvalue weighted by molar-refractivity contribution is 0.0880. The minimum Gasteiger partial charge on any atom is -0.497 e. The SMILES string of the molecule is COc1cc(-n2c(N)c3c(cc2=O)C(=O)NC3=O)cc(S(=O)(=O)c2ccc(Cl)cc2)c1. The Bertz CT molecular complexity index is 1430. The standard InChI is InChI=1S/C20H14ClN3O6S/c1-30-12-6-11(7-14(8-12)31(28,29)13-4-2-10(21)3-5-13)24-16(25)9-15-17(18(24)22)20(27)23-19(15)26/h2-9H,22H2,1H3,(H,23,26,27). The van der Waals surface area contributed by atoms with E-state index >= 15 is 0 Å². The zero-order valence-electron chi connectivity index (χ0n) is 15.9. The number of amides is 2. The topological polar surface area (TPSA) is 138 Å². The number of imide groups is 1. The molecule has 1 aliphatic heterocycles. The van der Waals surface area contributed by atoms with Gasteiger partial charge in [0.25, 0.3) is 17.4 Å². The Labute approximate surface area is 180 Å². The largest absolute Gasteiger partial charge is 0.497 e. The Morgan fingerprint density at radius 3 is 2.29 bits per heavy atom. The number of nitrogens with one attached hydrogen (secondary N) is 1. The number of ether oxygens (including phenoxy) is 1. The molecule has 0 saturated carbocycles. The number of hydrogen-bond acceptors (Lipinski definition) is 7. The van der Waals surface area contributed by atoms with E-state index in [0.29, 0.717) is 5.02 Å². The molecule has 2 heterocycles. The third-order valence-electron chi connectivity index (χ3n) is 4.75. The van der Waals surface area contributed by atoms with Crippen LogP contribution in [0.25, 0.3) is 5.69 Å². The van der Waals surface area contributed by atoms with Gasteiger partial charge >= 0.3 is 0 Å². The van der Waals surface area contributed by atoms with Crippen LogP contribution in [0.1, 0.15) is 20.7 Å². The van der Waals surface area contributed by atoms with Crippen LogP contribution in [0.15, 0.2) is 63.1 Å². The fourth-order valence-electron chi connectivity index (χ4n) is 3.25. The first-order chi connectivity index (χ1) is 14.6. The molecule has 1 aromatic heterocycles. The van der Waals surface area contributed by atoms with E-state index in [1.54, 1.807) is 0 Å². The fraction of sp³-hybridized carbons (Fsp3) is 0.0500. The summed E-state index contributed by atoms with van der Waals surface area (Å²) >= 11 is 5.84. The number of benzene rings is 2. The highest BCUT2D eigenvalue weighted by Gasteiger charge is 2.32. The number of anilines is 1. The van der Waals surface area contributed by atoms with Crippen LogP contribution in [0.2, 0.25) is 5.02 Å². The summed E-state index contributed by atoms with van der Waals surface area (Å²) in [7, 11) is -2.67. The summed E-state index contributed by atoms with van der Waals surface area (Å²) in [4.78, 5) is 36.5. The Kier molecular flexibility index (Phi) is 4.83. The van der Waals surface area contributed by atoms with Gasteiger partial charge in [-0.3, -0.25) is 24.3 Å². The second kappa shape index (κ2) is 7.25. The van der Waals surface area contributed by atoms with E-state index in [1.807, 2.05) is 0 Å².